The highest BCUT2D eigenvalue weighted by Gasteiger charge is 2.15. The quantitative estimate of drug-likeness (QED) is 0.937. The third-order valence-electron chi connectivity index (χ3n) is 3.38. The largest absolute Gasteiger partial charge is 0.495 e. The number of rotatable bonds is 4. The third kappa shape index (κ3) is 3.16. The summed E-state index contributed by atoms with van der Waals surface area (Å²) in [5.41, 5.74) is 0.713. The average Bonchev–Trinajstić information content (AvgIpc) is 3.02. The second-order valence-corrected chi connectivity index (χ2v) is 5.24. The number of hydrogen-bond acceptors (Lipinski definition) is 6. The second kappa shape index (κ2) is 6.13. The molecule has 3 rings (SSSR count). The zero-order valence-corrected chi connectivity index (χ0v) is 12.5. The molecule has 1 N–H and O–H groups in total. The Morgan fingerprint density at radius 1 is 1.29 bits per heavy atom. The Bertz CT molecular complexity index is 631. The molecule has 0 atom stereocenters. The number of halogens is 1. The minimum absolute atomic E-state index is 0.431. The van der Waals surface area contributed by atoms with E-state index in [1.807, 2.05) is 0 Å². The van der Waals surface area contributed by atoms with Crippen molar-refractivity contribution in [2.24, 2.45) is 0 Å². The van der Waals surface area contributed by atoms with Gasteiger partial charge in [-0.15, -0.1) is 5.10 Å². The molecule has 110 valence electrons. The molecule has 0 saturated carbocycles. The summed E-state index contributed by atoms with van der Waals surface area (Å²) >= 11 is 6.01. The van der Waals surface area contributed by atoms with Crippen molar-refractivity contribution >= 4 is 29.1 Å². The van der Waals surface area contributed by atoms with Crippen LogP contribution in [0.1, 0.15) is 12.8 Å². The maximum Gasteiger partial charge on any atom is 0.249 e. The third-order valence-corrected chi connectivity index (χ3v) is 3.62. The zero-order valence-electron chi connectivity index (χ0n) is 11.7. The van der Waals surface area contributed by atoms with E-state index in [9.17, 15) is 0 Å². The molecule has 21 heavy (non-hydrogen) atoms. The van der Waals surface area contributed by atoms with E-state index in [0.29, 0.717) is 22.4 Å². The van der Waals surface area contributed by atoms with Crippen LogP contribution in [0.5, 0.6) is 5.75 Å². The first-order valence-corrected chi connectivity index (χ1v) is 7.19. The fraction of sp³-hybridized carbons (Fsp3) is 0.357. The lowest BCUT2D eigenvalue weighted by atomic mass is 10.3. The van der Waals surface area contributed by atoms with E-state index in [2.05, 4.69) is 25.4 Å². The standard InChI is InChI=1S/C14H16ClN5O/c1-21-12-5-4-10(15)8-11(12)17-14-18-13(9-16-19-14)20-6-2-3-7-20/h4-5,8-9H,2-3,6-7H2,1H3,(H,17,18,19). The smallest absolute Gasteiger partial charge is 0.249 e. The van der Waals surface area contributed by atoms with Crippen LogP contribution >= 0.6 is 11.6 Å². The van der Waals surface area contributed by atoms with Crippen LogP contribution in [0.25, 0.3) is 0 Å². The number of anilines is 3. The summed E-state index contributed by atoms with van der Waals surface area (Å²) in [4.78, 5) is 6.70. The maximum atomic E-state index is 6.01. The molecule has 1 aliphatic rings. The summed E-state index contributed by atoms with van der Waals surface area (Å²) in [6, 6.07) is 5.33. The molecule has 0 aliphatic carbocycles. The van der Waals surface area contributed by atoms with Crippen molar-refractivity contribution in [2.45, 2.75) is 12.8 Å². The van der Waals surface area contributed by atoms with Gasteiger partial charge in [0.25, 0.3) is 0 Å². The number of methoxy groups -OCH3 is 1. The van der Waals surface area contributed by atoms with Crippen molar-refractivity contribution < 1.29 is 4.74 Å². The lowest BCUT2D eigenvalue weighted by Gasteiger charge is -2.16. The molecule has 1 aromatic carbocycles. The van der Waals surface area contributed by atoms with Gasteiger partial charge in [0.15, 0.2) is 5.82 Å². The lowest BCUT2D eigenvalue weighted by Crippen LogP contribution is -2.20. The van der Waals surface area contributed by atoms with Gasteiger partial charge in [-0.05, 0) is 31.0 Å². The van der Waals surface area contributed by atoms with Gasteiger partial charge in [-0.25, -0.2) is 0 Å². The van der Waals surface area contributed by atoms with Crippen LogP contribution in [-0.2, 0) is 0 Å². The summed E-state index contributed by atoms with van der Waals surface area (Å²) in [5.74, 6) is 1.94. The van der Waals surface area contributed by atoms with Crippen molar-refractivity contribution in [3.63, 3.8) is 0 Å². The highest BCUT2D eigenvalue weighted by atomic mass is 35.5. The topological polar surface area (TPSA) is 63.2 Å². The molecule has 0 unspecified atom stereocenters. The van der Waals surface area contributed by atoms with Gasteiger partial charge in [0, 0.05) is 18.1 Å². The van der Waals surface area contributed by atoms with Gasteiger partial charge >= 0.3 is 0 Å². The number of benzene rings is 1. The van der Waals surface area contributed by atoms with Crippen molar-refractivity contribution in [3.8, 4) is 5.75 Å². The fourth-order valence-electron chi connectivity index (χ4n) is 2.34. The summed E-state index contributed by atoms with van der Waals surface area (Å²) in [5, 5.41) is 11.7. The van der Waals surface area contributed by atoms with E-state index in [4.69, 9.17) is 16.3 Å². The van der Waals surface area contributed by atoms with E-state index in [1.165, 1.54) is 12.8 Å². The Morgan fingerprint density at radius 2 is 2.10 bits per heavy atom. The van der Waals surface area contributed by atoms with Crippen LogP contribution < -0.4 is 15.0 Å². The van der Waals surface area contributed by atoms with Gasteiger partial charge in [0.1, 0.15) is 5.75 Å². The zero-order chi connectivity index (χ0) is 14.7. The molecule has 7 heteroatoms. The number of nitrogens with zero attached hydrogens (tertiary/aromatic N) is 4. The highest BCUT2D eigenvalue weighted by Crippen LogP contribution is 2.29. The van der Waals surface area contributed by atoms with Gasteiger partial charge in [-0.1, -0.05) is 11.6 Å². The Labute approximate surface area is 128 Å². The molecular weight excluding hydrogens is 290 g/mol. The van der Waals surface area contributed by atoms with Gasteiger partial charge in [0.05, 0.1) is 19.0 Å². The van der Waals surface area contributed by atoms with E-state index >= 15 is 0 Å². The minimum Gasteiger partial charge on any atom is -0.495 e. The van der Waals surface area contributed by atoms with Gasteiger partial charge in [-0.2, -0.15) is 10.1 Å². The van der Waals surface area contributed by atoms with Gasteiger partial charge in [0.2, 0.25) is 5.95 Å². The van der Waals surface area contributed by atoms with Crippen molar-refractivity contribution in [2.75, 3.05) is 30.4 Å². The van der Waals surface area contributed by atoms with Crippen LogP contribution in [0.2, 0.25) is 5.02 Å². The van der Waals surface area contributed by atoms with Gasteiger partial charge < -0.3 is 15.0 Å². The molecule has 1 saturated heterocycles. The number of hydrogen-bond donors (Lipinski definition) is 1. The van der Waals surface area contributed by atoms with E-state index < -0.39 is 0 Å². The first-order valence-electron chi connectivity index (χ1n) is 6.81. The predicted octanol–water partition coefficient (Wildman–Crippen LogP) is 2.88. The highest BCUT2D eigenvalue weighted by molar-refractivity contribution is 6.30. The minimum atomic E-state index is 0.431. The fourth-order valence-corrected chi connectivity index (χ4v) is 2.52. The molecule has 1 aliphatic heterocycles. The Balaban J connectivity index is 1.84. The summed E-state index contributed by atoms with van der Waals surface area (Å²) < 4.78 is 5.30. The van der Waals surface area contributed by atoms with Crippen LogP contribution in [-0.4, -0.2) is 35.4 Å². The molecule has 2 heterocycles. The van der Waals surface area contributed by atoms with E-state index in [0.717, 1.165) is 18.9 Å². The first-order chi connectivity index (χ1) is 10.3. The van der Waals surface area contributed by atoms with Crippen molar-refractivity contribution in [1.29, 1.82) is 0 Å². The normalized spacial score (nSPS) is 14.3. The maximum absolute atomic E-state index is 6.01. The Morgan fingerprint density at radius 3 is 2.86 bits per heavy atom. The Hall–Kier alpha value is -2.08. The first kappa shape index (κ1) is 13.9. The van der Waals surface area contributed by atoms with Gasteiger partial charge in [-0.3, -0.25) is 0 Å². The summed E-state index contributed by atoms with van der Waals surface area (Å²) in [6.07, 6.45) is 4.06. The Kier molecular flexibility index (Phi) is 4.06. The number of aromatic nitrogens is 3. The lowest BCUT2D eigenvalue weighted by molar-refractivity contribution is 0.417. The molecule has 1 aromatic heterocycles. The predicted molar refractivity (Wildman–Crippen MR) is 82.6 cm³/mol. The summed E-state index contributed by atoms with van der Waals surface area (Å²) in [7, 11) is 1.61. The molecule has 0 amide bonds. The molecular formula is C14H16ClN5O. The molecule has 2 aromatic rings. The van der Waals surface area contributed by atoms with Crippen LogP contribution in [0, 0.1) is 0 Å². The van der Waals surface area contributed by atoms with E-state index in [-0.39, 0.29) is 0 Å². The van der Waals surface area contributed by atoms with Crippen molar-refractivity contribution in [1.82, 2.24) is 15.2 Å². The number of nitrogens with one attached hydrogen (secondary N) is 1. The van der Waals surface area contributed by atoms with Crippen LogP contribution in [0.3, 0.4) is 0 Å². The molecule has 6 nitrogen and oxygen atoms in total. The SMILES string of the molecule is COc1ccc(Cl)cc1Nc1nncc(N2CCCC2)n1. The second-order valence-electron chi connectivity index (χ2n) is 4.80. The molecule has 0 spiro atoms. The average molecular weight is 306 g/mol. The van der Waals surface area contributed by atoms with E-state index in [1.54, 1.807) is 31.5 Å². The van der Waals surface area contributed by atoms with Crippen molar-refractivity contribution in [3.05, 3.63) is 29.4 Å². The monoisotopic (exact) mass is 305 g/mol. The number of ether oxygens (including phenoxy) is 1. The molecule has 0 radical (unpaired) electrons. The molecule has 1 fully saturated rings. The van der Waals surface area contributed by atoms with Crippen LogP contribution in [0.15, 0.2) is 24.4 Å². The van der Waals surface area contributed by atoms with Crippen LogP contribution in [0.4, 0.5) is 17.5 Å². The molecule has 0 bridgehead atoms. The summed E-state index contributed by atoms with van der Waals surface area (Å²) in [6.45, 7) is 2.03.